The molecule has 6 heteroatoms. The van der Waals surface area contributed by atoms with E-state index in [1.807, 2.05) is 26.0 Å². The van der Waals surface area contributed by atoms with Crippen LogP contribution in [0, 0.1) is 24.7 Å². The zero-order valence-electron chi connectivity index (χ0n) is 26.8. The van der Waals surface area contributed by atoms with Crippen molar-refractivity contribution in [2.75, 3.05) is 39.6 Å². The molecule has 0 atom stereocenters. The second-order valence-corrected chi connectivity index (χ2v) is 13.5. The minimum atomic E-state index is -0.773. The number of ether oxygens (including phenoxy) is 4. The van der Waals surface area contributed by atoms with Crippen molar-refractivity contribution >= 4 is 0 Å². The predicted molar refractivity (Wildman–Crippen MR) is 175 cm³/mol. The molecule has 2 heterocycles. The molecule has 6 nitrogen and oxygen atoms in total. The number of rotatable bonds is 12. The third-order valence-corrected chi connectivity index (χ3v) is 9.26. The SMILES string of the molecule is Cc1cc(C(c2ccccc2)(c2ccccc2)c2cc(C)c(OCC3(C)COC3)c(CO)c2)cc(CO)c1OCC1(C)COC1. The summed E-state index contributed by atoms with van der Waals surface area (Å²) in [7, 11) is 0. The van der Waals surface area contributed by atoms with Crippen LogP contribution >= 0.6 is 0 Å². The van der Waals surface area contributed by atoms with Crippen LogP contribution in [0.1, 0.15) is 58.4 Å². The lowest BCUT2D eigenvalue weighted by molar-refractivity contribution is -0.120. The lowest BCUT2D eigenvalue weighted by Gasteiger charge is -2.39. The van der Waals surface area contributed by atoms with Crippen LogP contribution in [0.3, 0.4) is 0 Å². The summed E-state index contributed by atoms with van der Waals surface area (Å²) in [6.07, 6.45) is 0. The molecule has 0 bridgehead atoms. The van der Waals surface area contributed by atoms with Gasteiger partial charge in [0.25, 0.3) is 0 Å². The Labute approximate surface area is 266 Å². The highest BCUT2D eigenvalue weighted by atomic mass is 16.5. The van der Waals surface area contributed by atoms with E-state index in [-0.39, 0.29) is 24.0 Å². The van der Waals surface area contributed by atoms with Gasteiger partial charge >= 0.3 is 0 Å². The van der Waals surface area contributed by atoms with Crippen molar-refractivity contribution in [1.29, 1.82) is 0 Å². The fourth-order valence-corrected chi connectivity index (χ4v) is 6.71. The first-order chi connectivity index (χ1) is 21.7. The van der Waals surface area contributed by atoms with Gasteiger partial charge in [-0.15, -0.1) is 0 Å². The third-order valence-electron chi connectivity index (χ3n) is 9.26. The van der Waals surface area contributed by atoms with Gasteiger partial charge in [-0.25, -0.2) is 0 Å². The summed E-state index contributed by atoms with van der Waals surface area (Å²) in [5.41, 5.74) is 6.70. The van der Waals surface area contributed by atoms with Gasteiger partial charge in [-0.3, -0.25) is 0 Å². The van der Waals surface area contributed by atoms with Crippen LogP contribution in [0.15, 0.2) is 84.9 Å². The van der Waals surface area contributed by atoms with Crippen LogP contribution in [0.25, 0.3) is 0 Å². The van der Waals surface area contributed by atoms with Crippen LogP contribution in [-0.2, 0) is 28.1 Å². The first-order valence-electron chi connectivity index (χ1n) is 15.7. The maximum atomic E-state index is 10.7. The van der Waals surface area contributed by atoms with Gasteiger partial charge in [0, 0.05) is 22.0 Å². The van der Waals surface area contributed by atoms with Gasteiger partial charge in [0.15, 0.2) is 0 Å². The van der Waals surface area contributed by atoms with E-state index in [1.54, 1.807) is 0 Å². The van der Waals surface area contributed by atoms with Gasteiger partial charge in [-0.05, 0) is 59.4 Å². The minimum absolute atomic E-state index is 0.0270. The monoisotopic (exact) mass is 608 g/mol. The summed E-state index contributed by atoms with van der Waals surface area (Å²) >= 11 is 0. The molecule has 2 aliphatic heterocycles. The largest absolute Gasteiger partial charge is 0.492 e. The van der Waals surface area contributed by atoms with Crippen LogP contribution in [0.5, 0.6) is 11.5 Å². The van der Waals surface area contributed by atoms with Gasteiger partial charge in [0.05, 0.1) is 58.3 Å². The van der Waals surface area contributed by atoms with Crippen molar-refractivity contribution < 1.29 is 29.2 Å². The molecule has 4 aromatic carbocycles. The number of hydrogen-bond acceptors (Lipinski definition) is 6. The average Bonchev–Trinajstić information content (AvgIpc) is 3.03. The molecular formula is C39H44O6. The lowest BCUT2D eigenvalue weighted by Crippen LogP contribution is -2.44. The van der Waals surface area contributed by atoms with Crippen molar-refractivity contribution in [2.24, 2.45) is 10.8 Å². The van der Waals surface area contributed by atoms with E-state index in [2.05, 4.69) is 86.6 Å². The molecular weight excluding hydrogens is 564 g/mol. The van der Waals surface area contributed by atoms with Gasteiger partial charge in [0.2, 0.25) is 0 Å². The molecule has 2 N–H and O–H groups in total. The Morgan fingerprint density at radius 3 is 1.29 bits per heavy atom. The Bertz CT molecular complexity index is 1500. The van der Waals surface area contributed by atoms with Crippen molar-refractivity contribution in [3.63, 3.8) is 0 Å². The number of aryl methyl sites for hydroxylation is 2. The van der Waals surface area contributed by atoms with Gasteiger partial charge < -0.3 is 29.2 Å². The predicted octanol–water partition coefficient (Wildman–Crippen LogP) is 6.50. The second-order valence-electron chi connectivity index (χ2n) is 13.5. The fourth-order valence-electron chi connectivity index (χ4n) is 6.71. The third kappa shape index (κ3) is 5.88. The molecule has 236 valence electrons. The highest BCUT2D eigenvalue weighted by Crippen LogP contribution is 2.48. The van der Waals surface area contributed by atoms with E-state index in [4.69, 9.17) is 18.9 Å². The smallest absolute Gasteiger partial charge is 0.127 e. The Morgan fingerprint density at radius 2 is 0.978 bits per heavy atom. The van der Waals surface area contributed by atoms with E-state index >= 15 is 0 Å². The van der Waals surface area contributed by atoms with Crippen LogP contribution in [0.4, 0.5) is 0 Å². The molecule has 6 rings (SSSR count). The van der Waals surface area contributed by atoms with Crippen molar-refractivity contribution in [2.45, 2.75) is 46.3 Å². The standard InChI is InChI=1S/C39H44O6/c1-27-15-33(17-29(19-40)35(27)44-25-37(3)21-42-22-37)39(31-11-7-5-8-12-31,32-13-9-6-10-14-32)34-16-28(2)36(30(18-34)20-41)45-26-38(4)23-43-24-38/h5-18,40-41H,19-26H2,1-4H3. The number of aliphatic hydroxyl groups excluding tert-OH is 2. The molecule has 2 fully saturated rings. The molecule has 0 spiro atoms. The summed E-state index contributed by atoms with van der Waals surface area (Å²) < 4.78 is 23.7. The molecule has 0 aliphatic carbocycles. The van der Waals surface area contributed by atoms with Crippen molar-refractivity contribution in [3.05, 3.63) is 129 Å². The number of benzene rings is 4. The van der Waals surface area contributed by atoms with Gasteiger partial charge in [-0.2, -0.15) is 0 Å². The van der Waals surface area contributed by atoms with E-state index < -0.39 is 5.41 Å². The van der Waals surface area contributed by atoms with Crippen molar-refractivity contribution in [1.82, 2.24) is 0 Å². The molecule has 0 aromatic heterocycles. The summed E-state index contributed by atoms with van der Waals surface area (Å²) in [4.78, 5) is 0. The molecule has 2 saturated heterocycles. The first kappa shape index (κ1) is 31.3. The Hall–Kier alpha value is -3.68. The molecule has 0 amide bonds. The number of aliphatic hydroxyl groups is 2. The molecule has 2 aliphatic rings. The summed E-state index contributed by atoms with van der Waals surface area (Å²) in [5.74, 6) is 1.43. The summed E-state index contributed by atoms with van der Waals surface area (Å²) in [6.45, 7) is 11.8. The zero-order valence-corrected chi connectivity index (χ0v) is 26.8. The van der Waals surface area contributed by atoms with Crippen LogP contribution < -0.4 is 9.47 Å². The second kappa shape index (κ2) is 12.6. The molecule has 45 heavy (non-hydrogen) atoms. The van der Waals surface area contributed by atoms with Gasteiger partial charge in [0.1, 0.15) is 11.5 Å². The summed E-state index contributed by atoms with van der Waals surface area (Å²) in [5, 5.41) is 21.4. The zero-order chi connectivity index (χ0) is 31.7. The first-order valence-corrected chi connectivity index (χ1v) is 15.7. The quantitative estimate of drug-likeness (QED) is 0.179. The molecule has 0 unspecified atom stereocenters. The highest BCUT2D eigenvalue weighted by molar-refractivity contribution is 5.64. The maximum absolute atomic E-state index is 10.7. The molecule has 4 aromatic rings. The lowest BCUT2D eigenvalue weighted by atomic mass is 9.64. The fraction of sp³-hybridized carbons (Fsp3) is 0.385. The van der Waals surface area contributed by atoms with Crippen LogP contribution in [0.2, 0.25) is 0 Å². The average molecular weight is 609 g/mol. The Balaban J connectivity index is 1.55. The number of hydrogen-bond donors (Lipinski definition) is 2. The molecule has 0 radical (unpaired) electrons. The van der Waals surface area contributed by atoms with E-state index in [0.29, 0.717) is 51.1 Å². The minimum Gasteiger partial charge on any atom is -0.492 e. The Kier molecular flexibility index (Phi) is 8.77. The Morgan fingerprint density at radius 1 is 0.600 bits per heavy atom. The highest BCUT2D eigenvalue weighted by Gasteiger charge is 2.41. The summed E-state index contributed by atoms with van der Waals surface area (Å²) in [6, 6.07) is 29.4. The normalized spacial score (nSPS) is 16.8. The van der Waals surface area contributed by atoms with Crippen molar-refractivity contribution in [3.8, 4) is 11.5 Å². The van der Waals surface area contributed by atoms with E-state index in [0.717, 1.165) is 44.5 Å². The van der Waals surface area contributed by atoms with Gasteiger partial charge in [-0.1, -0.05) is 86.6 Å². The van der Waals surface area contributed by atoms with Crippen LogP contribution in [-0.4, -0.2) is 49.9 Å². The topological polar surface area (TPSA) is 77.4 Å². The maximum Gasteiger partial charge on any atom is 0.127 e. The molecule has 0 saturated carbocycles. The van der Waals surface area contributed by atoms with E-state index in [1.165, 1.54) is 0 Å². The van der Waals surface area contributed by atoms with E-state index in [9.17, 15) is 10.2 Å².